The van der Waals surface area contributed by atoms with Crippen LogP contribution < -0.4 is 11.1 Å². The third-order valence-electron chi connectivity index (χ3n) is 2.63. The van der Waals surface area contributed by atoms with Crippen LogP contribution in [0.25, 0.3) is 0 Å². The van der Waals surface area contributed by atoms with E-state index in [1.165, 1.54) is 24.3 Å². The maximum Gasteiger partial charge on any atom is 0.149 e. The second-order valence-electron chi connectivity index (χ2n) is 5.47. The first kappa shape index (κ1) is 14.2. The van der Waals surface area contributed by atoms with Crippen LogP contribution in [-0.2, 0) is 5.41 Å². The number of anilines is 3. The van der Waals surface area contributed by atoms with E-state index in [0.29, 0.717) is 5.82 Å². The average molecular weight is 278 g/mol. The van der Waals surface area contributed by atoms with Crippen molar-refractivity contribution >= 4 is 17.3 Å². The Morgan fingerprint density at radius 2 is 1.70 bits per heavy atom. The molecule has 4 nitrogen and oxygen atoms in total. The van der Waals surface area contributed by atoms with Crippen LogP contribution in [0.2, 0.25) is 0 Å². The first-order valence-corrected chi connectivity index (χ1v) is 6.13. The van der Waals surface area contributed by atoms with E-state index in [9.17, 15) is 8.78 Å². The Labute approximate surface area is 116 Å². The number of benzene rings is 1. The van der Waals surface area contributed by atoms with Crippen LogP contribution in [0.15, 0.2) is 24.3 Å². The van der Waals surface area contributed by atoms with Gasteiger partial charge in [-0.3, -0.25) is 0 Å². The minimum Gasteiger partial charge on any atom is -0.384 e. The van der Waals surface area contributed by atoms with Gasteiger partial charge in [-0.1, -0.05) is 26.8 Å². The molecular formula is C14H16F2N4. The summed E-state index contributed by atoms with van der Waals surface area (Å²) in [6.07, 6.45) is 0. The van der Waals surface area contributed by atoms with Gasteiger partial charge in [-0.05, 0) is 12.1 Å². The molecule has 0 atom stereocenters. The Hall–Kier alpha value is -2.24. The van der Waals surface area contributed by atoms with Gasteiger partial charge in [0.15, 0.2) is 0 Å². The van der Waals surface area contributed by atoms with Gasteiger partial charge in [0.2, 0.25) is 0 Å². The lowest BCUT2D eigenvalue weighted by Crippen LogP contribution is -2.18. The minimum atomic E-state index is -0.695. The molecule has 3 N–H and O–H groups in total. The summed E-state index contributed by atoms with van der Waals surface area (Å²) in [5.41, 5.74) is 5.13. The molecule has 2 aromatic rings. The van der Waals surface area contributed by atoms with E-state index in [0.717, 1.165) is 0 Å². The average Bonchev–Trinajstić information content (AvgIpc) is 2.32. The summed E-state index contributed by atoms with van der Waals surface area (Å²) in [5, 5.41) is 2.61. The van der Waals surface area contributed by atoms with Crippen molar-refractivity contribution in [2.45, 2.75) is 26.2 Å². The van der Waals surface area contributed by atoms with Crippen LogP contribution in [-0.4, -0.2) is 9.97 Å². The number of nitrogen functional groups attached to an aromatic ring is 1. The number of rotatable bonds is 2. The number of hydrogen-bond donors (Lipinski definition) is 2. The van der Waals surface area contributed by atoms with Gasteiger partial charge in [0.05, 0.1) is 0 Å². The Bertz CT molecular complexity index is 615. The van der Waals surface area contributed by atoms with Gasteiger partial charge < -0.3 is 11.1 Å². The van der Waals surface area contributed by atoms with Crippen molar-refractivity contribution in [3.8, 4) is 0 Å². The molecule has 0 amide bonds. The van der Waals surface area contributed by atoms with Crippen molar-refractivity contribution in [1.82, 2.24) is 9.97 Å². The smallest absolute Gasteiger partial charge is 0.149 e. The number of nitrogens with one attached hydrogen (secondary N) is 1. The molecule has 1 aromatic carbocycles. The molecule has 0 fully saturated rings. The molecule has 0 saturated carbocycles. The maximum absolute atomic E-state index is 13.6. The van der Waals surface area contributed by atoms with Gasteiger partial charge in [0.25, 0.3) is 0 Å². The molecule has 1 heterocycles. The fourth-order valence-electron chi connectivity index (χ4n) is 1.61. The molecule has 106 valence electrons. The maximum atomic E-state index is 13.6. The van der Waals surface area contributed by atoms with Crippen LogP contribution in [0.5, 0.6) is 0 Å². The Balaban J connectivity index is 2.42. The van der Waals surface area contributed by atoms with Crippen molar-refractivity contribution in [2.75, 3.05) is 11.1 Å². The Morgan fingerprint density at radius 3 is 2.25 bits per heavy atom. The minimum absolute atomic E-state index is 0.240. The Morgan fingerprint density at radius 1 is 1.10 bits per heavy atom. The number of halogens is 2. The molecule has 0 bridgehead atoms. The summed E-state index contributed by atoms with van der Waals surface area (Å²) in [6.45, 7) is 5.78. The third-order valence-corrected chi connectivity index (χ3v) is 2.63. The fourth-order valence-corrected chi connectivity index (χ4v) is 1.61. The molecule has 0 aliphatic carbocycles. The van der Waals surface area contributed by atoms with Gasteiger partial charge in [-0.15, -0.1) is 0 Å². The van der Waals surface area contributed by atoms with Gasteiger partial charge in [0.1, 0.15) is 34.8 Å². The van der Waals surface area contributed by atoms with Gasteiger partial charge in [-0.2, -0.15) is 0 Å². The zero-order valence-corrected chi connectivity index (χ0v) is 11.5. The molecule has 0 radical (unpaired) electrons. The standard InChI is InChI=1S/C14H16F2N4/c1-14(2,3)13-18-10(17)7-11(20-13)19-12-8(15)5-4-6-9(12)16/h4-7H,1-3H3,(H3,17,18,19,20). The molecule has 0 saturated heterocycles. The molecule has 6 heteroatoms. The predicted molar refractivity (Wildman–Crippen MR) is 74.8 cm³/mol. The summed E-state index contributed by atoms with van der Waals surface area (Å²) < 4.78 is 27.2. The second-order valence-corrected chi connectivity index (χ2v) is 5.47. The molecule has 0 spiro atoms. The van der Waals surface area contributed by atoms with Crippen LogP contribution in [0.4, 0.5) is 26.1 Å². The summed E-state index contributed by atoms with van der Waals surface area (Å²) in [7, 11) is 0. The number of aromatic nitrogens is 2. The number of hydrogen-bond acceptors (Lipinski definition) is 4. The predicted octanol–water partition coefficient (Wildman–Crippen LogP) is 3.38. The quantitative estimate of drug-likeness (QED) is 0.884. The SMILES string of the molecule is CC(C)(C)c1nc(N)cc(Nc2c(F)cccc2F)n1. The van der Waals surface area contributed by atoms with E-state index in [-0.39, 0.29) is 22.7 Å². The molecule has 0 aliphatic rings. The largest absolute Gasteiger partial charge is 0.384 e. The molecule has 2 rings (SSSR count). The highest BCUT2D eigenvalue weighted by molar-refractivity contribution is 5.59. The van der Waals surface area contributed by atoms with E-state index >= 15 is 0 Å². The molecule has 0 aliphatic heterocycles. The summed E-state index contributed by atoms with van der Waals surface area (Å²) in [6, 6.07) is 5.06. The Kier molecular flexibility index (Phi) is 3.57. The fraction of sp³-hybridized carbons (Fsp3) is 0.286. The lowest BCUT2D eigenvalue weighted by molar-refractivity contribution is 0.547. The van der Waals surface area contributed by atoms with E-state index in [2.05, 4.69) is 15.3 Å². The van der Waals surface area contributed by atoms with E-state index in [1.54, 1.807) is 0 Å². The lowest BCUT2D eigenvalue weighted by atomic mass is 9.96. The topological polar surface area (TPSA) is 63.8 Å². The molecule has 0 unspecified atom stereocenters. The molecule has 1 aromatic heterocycles. The van der Waals surface area contributed by atoms with Crippen molar-refractivity contribution in [3.05, 3.63) is 41.7 Å². The van der Waals surface area contributed by atoms with Crippen LogP contribution in [0, 0.1) is 11.6 Å². The van der Waals surface area contributed by atoms with Crippen LogP contribution >= 0.6 is 0 Å². The van der Waals surface area contributed by atoms with Crippen molar-refractivity contribution in [3.63, 3.8) is 0 Å². The molecular weight excluding hydrogens is 262 g/mol. The summed E-state index contributed by atoms with van der Waals surface area (Å²) >= 11 is 0. The summed E-state index contributed by atoms with van der Waals surface area (Å²) in [4.78, 5) is 8.38. The monoisotopic (exact) mass is 278 g/mol. The lowest BCUT2D eigenvalue weighted by Gasteiger charge is -2.18. The van der Waals surface area contributed by atoms with E-state index < -0.39 is 11.6 Å². The van der Waals surface area contributed by atoms with Crippen molar-refractivity contribution < 1.29 is 8.78 Å². The van der Waals surface area contributed by atoms with Crippen molar-refractivity contribution in [1.29, 1.82) is 0 Å². The second kappa shape index (κ2) is 5.03. The number of para-hydroxylation sites is 1. The van der Waals surface area contributed by atoms with E-state index in [4.69, 9.17) is 5.73 Å². The van der Waals surface area contributed by atoms with Crippen LogP contribution in [0.1, 0.15) is 26.6 Å². The zero-order valence-electron chi connectivity index (χ0n) is 11.5. The third kappa shape index (κ3) is 3.01. The van der Waals surface area contributed by atoms with Crippen molar-refractivity contribution in [2.24, 2.45) is 0 Å². The molecule has 20 heavy (non-hydrogen) atoms. The van der Waals surface area contributed by atoms with Gasteiger partial charge >= 0.3 is 0 Å². The normalized spacial score (nSPS) is 11.4. The highest BCUT2D eigenvalue weighted by atomic mass is 19.1. The van der Waals surface area contributed by atoms with E-state index in [1.807, 2.05) is 20.8 Å². The zero-order chi connectivity index (χ0) is 14.9. The highest BCUT2D eigenvalue weighted by Crippen LogP contribution is 2.25. The van der Waals surface area contributed by atoms with Gasteiger partial charge in [-0.25, -0.2) is 18.7 Å². The summed E-state index contributed by atoms with van der Waals surface area (Å²) in [5.74, 6) is -0.397. The first-order chi connectivity index (χ1) is 9.27. The van der Waals surface area contributed by atoms with Crippen LogP contribution in [0.3, 0.4) is 0 Å². The number of nitrogens with zero attached hydrogens (tertiary/aromatic N) is 2. The highest BCUT2D eigenvalue weighted by Gasteiger charge is 2.19. The van der Waals surface area contributed by atoms with Gasteiger partial charge in [0, 0.05) is 11.5 Å². The first-order valence-electron chi connectivity index (χ1n) is 6.13. The number of nitrogens with two attached hydrogens (primary N) is 1.